The third-order valence-electron chi connectivity index (χ3n) is 4.07. The van der Waals surface area contributed by atoms with Crippen molar-refractivity contribution in [3.05, 3.63) is 64.2 Å². The van der Waals surface area contributed by atoms with Crippen LogP contribution in [0.5, 0.6) is 5.75 Å². The van der Waals surface area contributed by atoms with Gasteiger partial charge in [0.05, 0.1) is 0 Å². The topological polar surface area (TPSA) is 9.23 Å². The molecule has 2 rings (SSSR count). The van der Waals surface area contributed by atoms with Crippen molar-refractivity contribution in [2.75, 3.05) is 0 Å². The van der Waals surface area contributed by atoms with Gasteiger partial charge in [-0.1, -0.05) is 44.2 Å². The predicted octanol–water partition coefficient (Wildman–Crippen LogP) is 5.39. The Balaban J connectivity index is 2.02. The molecule has 112 valence electrons. The average molecular weight is 282 g/mol. The van der Waals surface area contributed by atoms with E-state index in [1.807, 2.05) is 0 Å². The fraction of sp³-hybridized carbons (Fsp3) is 0.400. The van der Waals surface area contributed by atoms with Crippen molar-refractivity contribution in [1.82, 2.24) is 0 Å². The number of hydrogen-bond donors (Lipinski definition) is 0. The summed E-state index contributed by atoms with van der Waals surface area (Å²) in [6, 6.07) is 13.0. The van der Waals surface area contributed by atoms with Crippen LogP contribution in [0.15, 0.2) is 36.4 Å². The molecule has 0 atom stereocenters. The fourth-order valence-corrected chi connectivity index (χ4v) is 2.49. The molecule has 1 heteroatoms. The molecule has 21 heavy (non-hydrogen) atoms. The first-order valence-corrected chi connectivity index (χ1v) is 7.74. The number of hydrogen-bond acceptors (Lipinski definition) is 1. The average Bonchev–Trinajstić information content (AvgIpc) is 2.45. The third-order valence-corrected chi connectivity index (χ3v) is 4.07. The maximum absolute atomic E-state index is 5.98. The van der Waals surface area contributed by atoms with Crippen LogP contribution in [0.2, 0.25) is 0 Å². The Morgan fingerprint density at radius 3 is 2.05 bits per heavy atom. The molecule has 0 aliphatic rings. The second-order valence-corrected chi connectivity index (χ2v) is 6.33. The van der Waals surface area contributed by atoms with E-state index >= 15 is 0 Å². The number of aryl methyl sites for hydroxylation is 1. The van der Waals surface area contributed by atoms with E-state index in [-0.39, 0.29) is 0 Å². The van der Waals surface area contributed by atoms with Crippen LogP contribution in [0.1, 0.15) is 41.7 Å². The van der Waals surface area contributed by atoms with E-state index in [0.29, 0.717) is 12.5 Å². The predicted molar refractivity (Wildman–Crippen MR) is 90.0 cm³/mol. The molecule has 0 unspecified atom stereocenters. The van der Waals surface area contributed by atoms with Gasteiger partial charge in [0.25, 0.3) is 0 Å². The van der Waals surface area contributed by atoms with E-state index < -0.39 is 0 Å². The first kappa shape index (κ1) is 15.6. The molecule has 0 saturated carbocycles. The normalized spacial score (nSPS) is 11.0. The first-order valence-electron chi connectivity index (χ1n) is 7.74. The second-order valence-electron chi connectivity index (χ2n) is 6.33. The molecule has 1 nitrogen and oxygen atoms in total. The van der Waals surface area contributed by atoms with E-state index in [0.717, 1.165) is 12.2 Å². The van der Waals surface area contributed by atoms with Crippen molar-refractivity contribution in [3.63, 3.8) is 0 Å². The van der Waals surface area contributed by atoms with Crippen molar-refractivity contribution in [3.8, 4) is 5.75 Å². The van der Waals surface area contributed by atoms with Crippen molar-refractivity contribution >= 4 is 0 Å². The minimum atomic E-state index is 0.630. The summed E-state index contributed by atoms with van der Waals surface area (Å²) in [5.74, 6) is 1.69. The van der Waals surface area contributed by atoms with Gasteiger partial charge in [-0.05, 0) is 67.0 Å². The molecule has 0 heterocycles. The molecule has 0 bridgehead atoms. The van der Waals surface area contributed by atoms with Crippen LogP contribution in [0.4, 0.5) is 0 Å². The standard InChI is InChI=1S/C20H26O/c1-14(2)12-18-7-9-19(10-8-18)13-21-20-11-6-15(3)16(4)17(20)5/h6-11,14H,12-13H2,1-5H3. The maximum Gasteiger partial charge on any atom is 0.122 e. The summed E-state index contributed by atoms with van der Waals surface area (Å²) in [6.07, 6.45) is 1.14. The van der Waals surface area contributed by atoms with Gasteiger partial charge in [0.2, 0.25) is 0 Å². The lowest BCUT2D eigenvalue weighted by molar-refractivity contribution is 0.304. The van der Waals surface area contributed by atoms with Crippen LogP contribution < -0.4 is 4.74 Å². The first-order chi connectivity index (χ1) is 9.97. The monoisotopic (exact) mass is 282 g/mol. The molecular weight excluding hydrogens is 256 g/mol. The van der Waals surface area contributed by atoms with Gasteiger partial charge in [-0.3, -0.25) is 0 Å². The smallest absolute Gasteiger partial charge is 0.122 e. The number of benzene rings is 2. The van der Waals surface area contributed by atoms with Gasteiger partial charge in [-0.15, -0.1) is 0 Å². The van der Waals surface area contributed by atoms with Crippen LogP contribution >= 0.6 is 0 Å². The third kappa shape index (κ3) is 4.10. The summed E-state index contributed by atoms with van der Waals surface area (Å²) in [5.41, 5.74) is 6.50. The minimum Gasteiger partial charge on any atom is -0.489 e. The van der Waals surface area contributed by atoms with Gasteiger partial charge >= 0.3 is 0 Å². The van der Waals surface area contributed by atoms with Gasteiger partial charge in [0.15, 0.2) is 0 Å². The number of rotatable bonds is 5. The van der Waals surface area contributed by atoms with Crippen LogP contribution in [0, 0.1) is 26.7 Å². The highest BCUT2D eigenvalue weighted by Gasteiger charge is 2.05. The quantitative estimate of drug-likeness (QED) is 0.714. The molecule has 0 spiro atoms. The molecule has 0 aromatic heterocycles. The zero-order valence-electron chi connectivity index (χ0n) is 13.9. The lowest BCUT2D eigenvalue weighted by Crippen LogP contribution is -2.00. The van der Waals surface area contributed by atoms with E-state index in [1.54, 1.807) is 0 Å². The van der Waals surface area contributed by atoms with Crippen molar-refractivity contribution in [2.45, 2.75) is 47.6 Å². The Kier molecular flexibility index (Phi) is 5.06. The van der Waals surface area contributed by atoms with Crippen LogP contribution in [-0.2, 0) is 13.0 Å². The Morgan fingerprint density at radius 1 is 0.810 bits per heavy atom. The highest BCUT2D eigenvalue weighted by molar-refractivity contribution is 5.43. The molecule has 0 saturated heterocycles. The summed E-state index contributed by atoms with van der Waals surface area (Å²) in [7, 11) is 0. The van der Waals surface area contributed by atoms with Crippen molar-refractivity contribution < 1.29 is 4.74 Å². The zero-order valence-corrected chi connectivity index (χ0v) is 13.9. The summed E-state index contributed by atoms with van der Waals surface area (Å²) < 4.78 is 5.98. The van der Waals surface area contributed by atoms with Crippen LogP contribution in [0.3, 0.4) is 0 Å². The van der Waals surface area contributed by atoms with E-state index in [1.165, 1.54) is 27.8 Å². The summed E-state index contributed by atoms with van der Waals surface area (Å²) >= 11 is 0. The molecular formula is C20H26O. The Bertz CT molecular complexity index is 594. The minimum absolute atomic E-state index is 0.630. The van der Waals surface area contributed by atoms with Gasteiger partial charge in [0, 0.05) is 0 Å². The summed E-state index contributed by atoms with van der Waals surface area (Å²) in [5, 5.41) is 0. The highest BCUT2D eigenvalue weighted by atomic mass is 16.5. The maximum atomic E-state index is 5.98. The Hall–Kier alpha value is -1.76. The van der Waals surface area contributed by atoms with Crippen molar-refractivity contribution in [1.29, 1.82) is 0 Å². The zero-order chi connectivity index (χ0) is 15.4. The van der Waals surface area contributed by atoms with Gasteiger partial charge in [-0.25, -0.2) is 0 Å². The molecule has 0 aliphatic carbocycles. The lowest BCUT2D eigenvalue weighted by atomic mass is 10.0. The summed E-state index contributed by atoms with van der Waals surface area (Å²) in [6.45, 7) is 11.5. The van der Waals surface area contributed by atoms with Crippen LogP contribution in [-0.4, -0.2) is 0 Å². The van der Waals surface area contributed by atoms with Gasteiger partial charge in [0.1, 0.15) is 12.4 Å². The molecule has 2 aromatic carbocycles. The lowest BCUT2D eigenvalue weighted by Gasteiger charge is -2.13. The van der Waals surface area contributed by atoms with E-state index in [4.69, 9.17) is 4.74 Å². The van der Waals surface area contributed by atoms with Gasteiger partial charge in [-0.2, -0.15) is 0 Å². The molecule has 0 aliphatic heterocycles. The largest absolute Gasteiger partial charge is 0.489 e. The van der Waals surface area contributed by atoms with Crippen molar-refractivity contribution in [2.24, 2.45) is 5.92 Å². The molecule has 0 amide bonds. The summed E-state index contributed by atoms with van der Waals surface area (Å²) in [4.78, 5) is 0. The molecule has 0 radical (unpaired) electrons. The van der Waals surface area contributed by atoms with E-state index in [9.17, 15) is 0 Å². The fourth-order valence-electron chi connectivity index (χ4n) is 2.49. The molecule has 0 N–H and O–H groups in total. The highest BCUT2D eigenvalue weighted by Crippen LogP contribution is 2.24. The van der Waals surface area contributed by atoms with Crippen LogP contribution in [0.25, 0.3) is 0 Å². The second kappa shape index (κ2) is 6.80. The SMILES string of the molecule is Cc1ccc(OCc2ccc(CC(C)C)cc2)c(C)c1C. The Morgan fingerprint density at radius 2 is 1.43 bits per heavy atom. The number of ether oxygens (including phenoxy) is 1. The van der Waals surface area contributed by atoms with E-state index in [2.05, 4.69) is 71.0 Å². The Labute approximate surface area is 129 Å². The molecule has 0 fully saturated rings. The molecule has 2 aromatic rings. The van der Waals surface area contributed by atoms with Gasteiger partial charge < -0.3 is 4.74 Å².